The number of hydrogen-bond acceptors (Lipinski definition) is 5. The first-order chi connectivity index (χ1) is 17.7. The van der Waals surface area contributed by atoms with Crippen molar-refractivity contribution in [3.8, 4) is 11.3 Å². The Kier molecular flexibility index (Phi) is 8.01. The minimum atomic E-state index is -1.09. The van der Waals surface area contributed by atoms with Gasteiger partial charge < -0.3 is 15.7 Å². The van der Waals surface area contributed by atoms with Gasteiger partial charge in [0.25, 0.3) is 5.91 Å². The van der Waals surface area contributed by atoms with Gasteiger partial charge in [-0.2, -0.15) is 0 Å². The molecule has 3 atom stereocenters. The third-order valence-electron chi connectivity index (χ3n) is 6.38. The van der Waals surface area contributed by atoms with E-state index in [-0.39, 0.29) is 23.6 Å². The topological polar surface area (TPSA) is 104 Å². The molecule has 7 nitrogen and oxygen atoms in total. The normalized spacial score (nSPS) is 19.3. The Hall–Kier alpha value is -3.60. The van der Waals surface area contributed by atoms with Crippen molar-refractivity contribution in [3.05, 3.63) is 71.4 Å². The molecule has 37 heavy (non-hydrogen) atoms. The molecule has 0 bridgehead atoms. The lowest BCUT2D eigenvalue weighted by Crippen LogP contribution is -2.39. The van der Waals surface area contributed by atoms with E-state index in [4.69, 9.17) is 5.11 Å². The van der Waals surface area contributed by atoms with E-state index in [0.29, 0.717) is 23.4 Å². The lowest BCUT2D eigenvalue weighted by molar-refractivity contribution is 0.102. The number of nitrogens with one attached hydrogen (secondary N) is 2. The number of carbonyl (C=O) groups is 2. The van der Waals surface area contributed by atoms with Gasteiger partial charge in [0.1, 0.15) is 28.8 Å². The molecule has 1 aliphatic rings. The molecule has 194 valence electrons. The number of anilines is 1. The highest BCUT2D eigenvalue weighted by molar-refractivity contribution is 7.98. The minimum Gasteiger partial charge on any atom is -0.465 e. The summed E-state index contributed by atoms with van der Waals surface area (Å²) in [6.45, 7) is 2.04. The van der Waals surface area contributed by atoms with Crippen LogP contribution in [0.5, 0.6) is 0 Å². The molecule has 0 radical (unpaired) electrons. The van der Waals surface area contributed by atoms with Crippen LogP contribution < -0.4 is 10.6 Å². The minimum absolute atomic E-state index is 0.0474. The van der Waals surface area contributed by atoms with Crippen LogP contribution in [0.4, 0.5) is 23.7 Å². The number of pyridine rings is 2. The molecule has 1 aliphatic carbocycles. The van der Waals surface area contributed by atoms with Crippen molar-refractivity contribution >= 4 is 29.4 Å². The predicted molar refractivity (Wildman–Crippen MR) is 134 cm³/mol. The molecule has 3 aromatic rings. The number of thioether (sulfide) groups is 1. The maximum absolute atomic E-state index is 14.6. The summed E-state index contributed by atoms with van der Waals surface area (Å²) in [5.74, 6) is -3.45. The van der Waals surface area contributed by atoms with Gasteiger partial charge in [-0.15, -0.1) is 11.8 Å². The van der Waals surface area contributed by atoms with Gasteiger partial charge >= 0.3 is 6.09 Å². The summed E-state index contributed by atoms with van der Waals surface area (Å²) in [6.07, 6.45) is 5.67. The number of carbonyl (C=O) groups excluding carboxylic acids is 1. The lowest BCUT2D eigenvalue weighted by atomic mass is 9.76. The van der Waals surface area contributed by atoms with E-state index in [0.717, 1.165) is 48.0 Å². The SMILES string of the molecule is CSc1cc(F)c(-c2nc(C(=O)Nc3cnccc3[C@H]3CC(NC(=O)O)C[C@@H](C)C3)ccc2F)c(F)c1. The van der Waals surface area contributed by atoms with Gasteiger partial charge in [0.15, 0.2) is 0 Å². The molecule has 1 aromatic carbocycles. The Morgan fingerprint density at radius 1 is 1.05 bits per heavy atom. The van der Waals surface area contributed by atoms with Crippen LogP contribution in [-0.4, -0.2) is 39.4 Å². The maximum atomic E-state index is 14.6. The van der Waals surface area contributed by atoms with Crippen LogP contribution in [0.2, 0.25) is 0 Å². The van der Waals surface area contributed by atoms with Gasteiger partial charge in [0, 0.05) is 17.1 Å². The average molecular weight is 531 g/mol. The predicted octanol–water partition coefficient (Wildman–Crippen LogP) is 6.07. The van der Waals surface area contributed by atoms with E-state index in [1.54, 1.807) is 18.5 Å². The van der Waals surface area contributed by atoms with Crippen molar-refractivity contribution in [2.75, 3.05) is 11.6 Å². The number of halogens is 3. The van der Waals surface area contributed by atoms with Crippen molar-refractivity contribution in [3.63, 3.8) is 0 Å². The van der Waals surface area contributed by atoms with Gasteiger partial charge in [-0.05, 0) is 73.2 Å². The largest absolute Gasteiger partial charge is 0.465 e. The van der Waals surface area contributed by atoms with E-state index in [9.17, 15) is 22.8 Å². The fraction of sp³-hybridized carbons (Fsp3) is 0.308. The number of amides is 2. The fourth-order valence-corrected chi connectivity index (χ4v) is 5.28. The molecule has 0 aliphatic heterocycles. The molecule has 2 amide bonds. The lowest BCUT2D eigenvalue weighted by Gasteiger charge is -2.34. The van der Waals surface area contributed by atoms with Crippen molar-refractivity contribution in [2.24, 2.45) is 5.92 Å². The summed E-state index contributed by atoms with van der Waals surface area (Å²) in [7, 11) is 0. The van der Waals surface area contributed by atoms with E-state index >= 15 is 0 Å². The number of carboxylic acid groups (broad SMARTS) is 1. The third-order valence-corrected chi connectivity index (χ3v) is 7.09. The summed E-state index contributed by atoms with van der Waals surface area (Å²) in [6, 6.07) is 5.76. The molecule has 2 aromatic heterocycles. The van der Waals surface area contributed by atoms with Crippen LogP contribution in [0, 0.1) is 23.4 Å². The van der Waals surface area contributed by atoms with Crippen LogP contribution in [0.25, 0.3) is 11.3 Å². The first-order valence-corrected chi connectivity index (χ1v) is 12.8. The monoisotopic (exact) mass is 530 g/mol. The fourth-order valence-electron chi connectivity index (χ4n) is 4.84. The first-order valence-electron chi connectivity index (χ1n) is 11.6. The standard InChI is InChI=1S/C26H25F3N4O3S/c1-13-7-14(9-15(8-13)31-26(35)36)17-5-6-30-12-22(17)33-25(34)21-4-3-18(27)24(32-21)23-19(28)10-16(37-2)11-20(23)29/h3-6,10-15,31H,7-9H2,1-2H3,(H,33,34)(H,35,36)/t13-,14+,15?/m0/s1. The Morgan fingerprint density at radius 3 is 2.46 bits per heavy atom. The second-order valence-electron chi connectivity index (χ2n) is 9.07. The van der Waals surface area contributed by atoms with Crippen LogP contribution in [0.1, 0.15) is 48.2 Å². The highest BCUT2D eigenvalue weighted by Gasteiger charge is 2.30. The molecular formula is C26H25F3N4O3S. The average Bonchev–Trinajstić information content (AvgIpc) is 2.84. The summed E-state index contributed by atoms with van der Waals surface area (Å²) in [5.41, 5.74) is -0.318. The quantitative estimate of drug-likeness (QED) is 0.334. The Labute approximate surface area is 215 Å². The summed E-state index contributed by atoms with van der Waals surface area (Å²) in [5, 5.41) is 14.4. The molecule has 1 unspecified atom stereocenters. The van der Waals surface area contributed by atoms with Gasteiger partial charge in [0.2, 0.25) is 0 Å². The number of hydrogen-bond donors (Lipinski definition) is 3. The van der Waals surface area contributed by atoms with Crippen LogP contribution in [0.15, 0.2) is 47.6 Å². The molecule has 2 heterocycles. The number of rotatable bonds is 6. The molecule has 3 N–H and O–H groups in total. The second-order valence-corrected chi connectivity index (χ2v) is 9.95. The van der Waals surface area contributed by atoms with Crippen molar-refractivity contribution < 1.29 is 27.9 Å². The van der Waals surface area contributed by atoms with E-state index in [1.807, 2.05) is 6.92 Å². The Bertz CT molecular complexity index is 1320. The molecule has 0 spiro atoms. The van der Waals surface area contributed by atoms with Crippen LogP contribution in [-0.2, 0) is 0 Å². The van der Waals surface area contributed by atoms with Crippen molar-refractivity contribution in [1.82, 2.24) is 15.3 Å². The molecule has 0 saturated heterocycles. The van der Waals surface area contributed by atoms with Gasteiger partial charge in [0.05, 0.1) is 17.4 Å². The van der Waals surface area contributed by atoms with Crippen molar-refractivity contribution in [1.29, 1.82) is 0 Å². The molecule has 4 rings (SSSR count). The third kappa shape index (κ3) is 6.04. The first kappa shape index (κ1) is 26.5. The van der Waals surface area contributed by atoms with Crippen molar-refractivity contribution in [2.45, 2.75) is 43.0 Å². The van der Waals surface area contributed by atoms with Crippen LogP contribution in [0.3, 0.4) is 0 Å². The molecule has 11 heteroatoms. The summed E-state index contributed by atoms with van der Waals surface area (Å²) >= 11 is 1.13. The Balaban J connectivity index is 1.62. The number of nitrogens with zero attached hydrogens (tertiary/aromatic N) is 2. The molecule has 1 fully saturated rings. The zero-order valence-corrected chi connectivity index (χ0v) is 20.9. The number of aromatic nitrogens is 2. The number of benzene rings is 1. The van der Waals surface area contributed by atoms with E-state index in [2.05, 4.69) is 20.6 Å². The van der Waals surface area contributed by atoms with Gasteiger partial charge in [-0.3, -0.25) is 9.78 Å². The summed E-state index contributed by atoms with van der Waals surface area (Å²) in [4.78, 5) is 32.6. The second kappa shape index (κ2) is 11.2. The highest BCUT2D eigenvalue weighted by atomic mass is 32.2. The zero-order valence-electron chi connectivity index (χ0n) is 20.1. The maximum Gasteiger partial charge on any atom is 0.404 e. The smallest absolute Gasteiger partial charge is 0.404 e. The summed E-state index contributed by atoms with van der Waals surface area (Å²) < 4.78 is 43.8. The zero-order chi connectivity index (χ0) is 26.7. The molecule has 1 saturated carbocycles. The van der Waals surface area contributed by atoms with E-state index in [1.165, 1.54) is 6.20 Å². The van der Waals surface area contributed by atoms with E-state index < -0.39 is 40.7 Å². The van der Waals surface area contributed by atoms with Gasteiger partial charge in [-0.25, -0.2) is 22.9 Å². The highest BCUT2D eigenvalue weighted by Crippen LogP contribution is 2.39. The Morgan fingerprint density at radius 2 is 1.78 bits per heavy atom. The van der Waals surface area contributed by atoms with Crippen LogP contribution >= 0.6 is 11.8 Å². The molecular weight excluding hydrogens is 505 g/mol. The van der Waals surface area contributed by atoms with Gasteiger partial charge in [-0.1, -0.05) is 6.92 Å².